The molecule has 0 N–H and O–H groups in total. The SMILES string of the molecule is O=C(CCl)N(Cc1ccc2ccccc2c1F)C1CCn2ncnc2C1. The van der Waals surface area contributed by atoms with E-state index in [1.165, 1.54) is 6.33 Å². The van der Waals surface area contributed by atoms with Crippen molar-refractivity contribution in [2.45, 2.75) is 32.0 Å². The van der Waals surface area contributed by atoms with Crippen LogP contribution in [0.1, 0.15) is 17.8 Å². The molecule has 1 aliphatic rings. The second-order valence-electron chi connectivity index (χ2n) is 6.46. The molecule has 0 bridgehead atoms. The lowest BCUT2D eigenvalue weighted by Crippen LogP contribution is -2.44. The van der Waals surface area contributed by atoms with Gasteiger partial charge in [0.25, 0.3) is 0 Å². The smallest absolute Gasteiger partial charge is 0.238 e. The Labute approximate surface area is 155 Å². The Morgan fingerprint density at radius 2 is 2.15 bits per heavy atom. The zero-order chi connectivity index (χ0) is 18.1. The summed E-state index contributed by atoms with van der Waals surface area (Å²) in [5, 5.41) is 5.57. The lowest BCUT2D eigenvalue weighted by Gasteiger charge is -2.34. The fourth-order valence-corrected chi connectivity index (χ4v) is 3.72. The molecule has 1 aromatic heterocycles. The van der Waals surface area contributed by atoms with E-state index in [9.17, 15) is 9.18 Å². The summed E-state index contributed by atoms with van der Waals surface area (Å²) >= 11 is 5.83. The van der Waals surface area contributed by atoms with E-state index in [4.69, 9.17) is 11.6 Å². The first-order chi connectivity index (χ1) is 12.7. The number of halogens is 2. The van der Waals surface area contributed by atoms with Gasteiger partial charge in [-0.3, -0.25) is 4.79 Å². The zero-order valence-corrected chi connectivity index (χ0v) is 14.9. The summed E-state index contributed by atoms with van der Waals surface area (Å²) in [5.41, 5.74) is 0.495. The van der Waals surface area contributed by atoms with E-state index in [0.29, 0.717) is 23.9 Å². The topological polar surface area (TPSA) is 51.0 Å². The predicted molar refractivity (Wildman–Crippen MR) is 97.3 cm³/mol. The highest BCUT2D eigenvalue weighted by molar-refractivity contribution is 6.27. The van der Waals surface area contributed by atoms with Crippen LogP contribution in [-0.2, 0) is 24.3 Å². The molecule has 5 nitrogen and oxygen atoms in total. The number of fused-ring (bicyclic) bond motifs is 2. The molecule has 2 aromatic carbocycles. The lowest BCUT2D eigenvalue weighted by molar-refractivity contribution is -0.132. The van der Waals surface area contributed by atoms with Gasteiger partial charge in [0.2, 0.25) is 5.91 Å². The Balaban J connectivity index is 1.64. The van der Waals surface area contributed by atoms with Gasteiger partial charge in [0.15, 0.2) is 0 Å². The summed E-state index contributed by atoms with van der Waals surface area (Å²) < 4.78 is 16.8. The highest BCUT2D eigenvalue weighted by Gasteiger charge is 2.29. The Morgan fingerprint density at radius 3 is 3.00 bits per heavy atom. The Hall–Kier alpha value is -2.47. The van der Waals surface area contributed by atoms with Gasteiger partial charge in [-0.25, -0.2) is 14.1 Å². The molecule has 26 heavy (non-hydrogen) atoms. The zero-order valence-electron chi connectivity index (χ0n) is 14.1. The van der Waals surface area contributed by atoms with Gasteiger partial charge in [0.1, 0.15) is 23.8 Å². The second kappa shape index (κ2) is 7.03. The number of carbonyl (C=O) groups is 1. The maximum Gasteiger partial charge on any atom is 0.238 e. The maximum atomic E-state index is 15.0. The van der Waals surface area contributed by atoms with Crippen molar-refractivity contribution in [2.75, 3.05) is 5.88 Å². The molecule has 1 unspecified atom stereocenters. The van der Waals surface area contributed by atoms with Crippen molar-refractivity contribution in [3.8, 4) is 0 Å². The molecule has 0 saturated heterocycles. The molecular formula is C19H18ClFN4O. The van der Waals surface area contributed by atoms with E-state index in [1.807, 2.05) is 28.9 Å². The highest BCUT2D eigenvalue weighted by atomic mass is 35.5. The van der Waals surface area contributed by atoms with Gasteiger partial charge in [-0.15, -0.1) is 11.6 Å². The van der Waals surface area contributed by atoms with Crippen LogP contribution in [0.15, 0.2) is 42.7 Å². The Kier molecular flexibility index (Phi) is 4.59. The number of aromatic nitrogens is 3. The number of nitrogens with zero attached hydrogens (tertiary/aromatic N) is 4. The van der Waals surface area contributed by atoms with Crippen LogP contribution in [-0.4, -0.2) is 37.5 Å². The summed E-state index contributed by atoms with van der Waals surface area (Å²) in [6.45, 7) is 0.882. The van der Waals surface area contributed by atoms with E-state index in [1.54, 1.807) is 17.0 Å². The largest absolute Gasteiger partial charge is 0.334 e. The summed E-state index contributed by atoms with van der Waals surface area (Å²) in [7, 11) is 0. The third-order valence-corrected chi connectivity index (χ3v) is 5.18. The van der Waals surface area contributed by atoms with Crippen molar-refractivity contribution in [3.63, 3.8) is 0 Å². The molecular weight excluding hydrogens is 355 g/mol. The van der Waals surface area contributed by atoms with Gasteiger partial charge in [0, 0.05) is 36.5 Å². The maximum absolute atomic E-state index is 15.0. The molecule has 1 aliphatic heterocycles. The van der Waals surface area contributed by atoms with Gasteiger partial charge in [-0.05, 0) is 11.8 Å². The van der Waals surface area contributed by atoms with Crippen molar-refractivity contribution in [3.05, 3.63) is 59.9 Å². The van der Waals surface area contributed by atoms with Gasteiger partial charge >= 0.3 is 0 Å². The van der Waals surface area contributed by atoms with Crippen LogP contribution >= 0.6 is 11.6 Å². The first-order valence-corrected chi connectivity index (χ1v) is 9.09. The van der Waals surface area contributed by atoms with Crippen LogP contribution in [0.4, 0.5) is 4.39 Å². The molecule has 3 aromatic rings. The van der Waals surface area contributed by atoms with Crippen molar-refractivity contribution >= 4 is 28.3 Å². The third kappa shape index (κ3) is 3.05. The average Bonchev–Trinajstić information content (AvgIpc) is 3.15. The quantitative estimate of drug-likeness (QED) is 0.661. The number of amides is 1. The number of benzene rings is 2. The number of rotatable bonds is 4. The van der Waals surface area contributed by atoms with E-state index >= 15 is 0 Å². The molecule has 0 spiro atoms. The van der Waals surface area contributed by atoms with E-state index < -0.39 is 0 Å². The van der Waals surface area contributed by atoms with Gasteiger partial charge in [-0.2, -0.15) is 5.10 Å². The second-order valence-corrected chi connectivity index (χ2v) is 6.73. The number of hydrogen-bond donors (Lipinski definition) is 0. The number of alkyl halides is 1. The summed E-state index contributed by atoms with van der Waals surface area (Å²) in [4.78, 5) is 18.4. The molecule has 0 saturated carbocycles. The molecule has 7 heteroatoms. The molecule has 1 atom stereocenters. The van der Waals surface area contributed by atoms with Crippen LogP contribution in [0.3, 0.4) is 0 Å². The van der Waals surface area contributed by atoms with Crippen molar-refractivity contribution in [1.29, 1.82) is 0 Å². The van der Waals surface area contributed by atoms with Crippen LogP contribution in [0.25, 0.3) is 10.8 Å². The minimum Gasteiger partial charge on any atom is -0.334 e. The van der Waals surface area contributed by atoms with Crippen LogP contribution in [0.2, 0.25) is 0 Å². The summed E-state index contributed by atoms with van der Waals surface area (Å²) in [6, 6.07) is 10.9. The normalized spacial score (nSPS) is 16.5. The molecule has 0 fully saturated rings. The van der Waals surface area contributed by atoms with E-state index in [0.717, 1.165) is 17.6 Å². The Morgan fingerprint density at radius 1 is 1.31 bits per heavy atom. The standard InChI is InChI=1S/C19H18ClFN4O/c20-10-18(26)24(15-7-8-25-17(9-15)22-12-23-25)11-14-6-5-13-3-1-2-4-16(13)19(14)21/h1-6,12,15H,7-11H2. The van der Waals surface area contributed by atoms with Crippen LogP contribution in [0.5, 0.6) is 0 Å². The van der Waals surface area contributed by atoms with Crippen molar-refractivity contribution in [1.82, 2.24) is 19.7 Å². The molecule has 4 rings (SSSR count). The van der Waals surface area contributed by atoms with E-state index in [-0.39, 0.29) is 30.2 Å². The van der Waals surface area contributed by atoms with Gasteiger partial charge in [-0.1, -0.05) is 36.4 Å². The molecule has 0 aliphatic carbocycles. The van der Waals surface area contributed by atoms with Gasteiger partial charge < -0.3 is 4.90 Å². The highest BCUT2D eigenvalue weighted by Crippen LogP contribution is 2.25. The lowest BCUT2D eigenvalue weighted by atomic mass is 10.0. The monoisotopic (exact) mass is 372 g/mol. The number of hydrogen-bond acceptors (Lipinski definition) is 3. The first kappa shape index (κ1) is 17.0. The van der Waals surface area contributed by atoms with Crippen LogP contribution < -0.4 is 0 Å². The fraction of sp³-hybridized carbons (Fsp3) is 0.316. The van der Waals surface area contributed by atoms with Crippen LogP contribution in [0, 0.1) is 5.82 Å². The molecule has 134 valence electrons. The van der Waals surface area contributed by atoms with Crippen molar-refractivity contribution < 1.29 is 9.18 Å². The number of aryl methyl sites for hydroxylation is 1. The van der Waals surface area contributed by atoms with Gasteiger partial charge in [0.05, 0.1) is 0 Å². The summed E-state index contributed by atoms with van der Waals surface area (Å²) in [6.07, 6.45) is 2.86. The van der Waals surface area contributed by atoms with E-state index in [2.05, 4.69) is 10.1 Å². The fourth-order valence-electron chi connectivity index (χ4n) is 3.57. The first-order valence-electron chi connectivity index (χ1n) is 8.55. The molecule has 1 amide bonds. The molecule has 2 heterocycles. The minimum atomic E-state index is -0.283. The van der Waals surface area contributed by atoms with Crippen molar-refractivity contribution in [2.24, 2.45) is 0 Å². The summed E-state index contributed by atoms with van der Waals surface area (Å²) in [5.74, 6) is 0.234. The average molecular weight is 373 g/mol. The number of carbonyl (C=O) groups excluding carboxylic acids is 1. The Bertz CT molecular complexity index is 958. The minimum absolute atomic E-state index is 0.0659. The molecule has 0 radical (unpaired) electrons. The third-order valence-electron chi connectivity index (χ3n) is 4.95. The predicted octanol–water partition coefficient (Wildman–Crippen LogP) is 3.15.